The third kappa shape index (κ3) is 3.36. The van der Waals surface area contributed by atoms with Crippen molar-refractivity contribution in [1.29, 1.82) is 0 Å². The summed E-state index contributed by atoms with van der Waals surface area (Å²) in [5.74, 6) is 1.00. The van der Waals surface area contributed by atoms with Crippen LogP contribution in [0.25, 0.3) is 0 Å². The minimum Gasteiger partial charge on any atom is -0.358 e. The predicted molar refractivity (Wildman–Crippen MR) is 58.9 cm³/mol. The Kier molecular flexibility index (Phi) is 3.85. The number of hydrogen-bond donors (Lipinski definition) is 2. The highest BCUT2D eigenvalue weighted by Crippen LogP contribution is 2.11. The maximum Gasteiger partial charge on any atom is 0.241 e. The molecule has 15 heavy (non-hydrogen) atoms. The Morgan fingerprint density at radius 1 is 1.53 bits per heavy atom. The molecule has 1 aromatic rings. The molecule has 1 amide bonds. The van der Waals surface area contributed by atoms with E-state index in [0.29, 0.717) is 16.8 Å². The summed E-state index contributed by atoms with van der Waals surface area (Å²) in [6.07, 6.45) is 0. The second-order valence-corrected chi connectivity index (χ2v) is 3.49. The standard InChI is InChI=1S/C9H13ClN4O/c1-5(9(15)11-3)12-8-4-7(10)13-6(2)14-8/h4-5H,1-3H3,(H,11,15)(H,12,13,14). The molecule has 0 aromatic carbocycles. The number of nitrogens with zero attached hydrogens (tertiary/aromatic N) is 2. The lowest BCUT2D eigenvalue weighted by atomic mass is 10.3. The van der Waals surface area contributed by atoms with Crippen LogP contribution in [-0.2, 0) is 4.79 Å². The minimum absolute atomic E-state index is 0.109. The molecule has 6 heteroatoms. The van der Waals surface area contributed by atoms with Crippen molar-refractivity contribution in [3.63, 3.8) is 0 Å². The maximum absolute atomic E-state index is 11.2. The van der Waals surface area contributed by atoms with Gasteiger partial charge in [-0.1, -0.05) is 11.6 Å². The molecular weight excluding hydrogens is 216 g/mol. The van der Waals surface area contributed by atoms with Crippen LogP contribution in [0, 0.1) is 6.92 Å². The average Bonchev–Trinajstić information content (AvgIpc) is 2.14. The fourth-order valence-corrected chi connectivity index (χ4v) is 1.33. The highest BCUT2D eigenvalue weighted by molar-refractivity contribution is 6.29. The molecule has 1 heterocycles. The molecule has 1 rings (SSSR count). The number of anilines is 1. The van der Waals surface area contributed by atoms with E-state index in [1.165, 1.54) is 0 Å². The van der Waals surface area contributed by atoms with Crippen LogP contribution in [0.2, 0.25) is 5.15 Å². The highest BCUT2D eigenvalue weighted by atomic mass is 35.5. The molecule has 2 N–H and O–H groups in total. The molecular formula is C9H13ClN4O. The predicted octanol–water partition coefficient (Wildman–Crippen LogP) is 0.985. The SMILES string of the molecule is CNC(=O)C(C)Nc1cc(Cl)nc(C)n1. The second-order valence-electron chi connectivity index (χ2n) is 3.10. The second kappa shape index (κ2) is 4.93. The van der Waals surface area contributed by atoms with Crippen LogP contribution in [0.15, 0.2) is 6.07 Å². The van der Waals surface area contributed by atoms with Crippen molar-refractivity contribution >= 4 is 23.3 Å². The van der Waals surface area contributed by atoms with Crippen LogP contribution < -0.4 is 10.6 Å². The fraction of sp³-hybridized carbons (Fsp3) is 0.444. The zero-order chi connectivity index (χ0) is 11.4. The molecule has 0 saturated heterocycles. The van der Waals surface area contributed by atoms with Crippen molar-refractivity contribution < 1.29 is 4.79 Å². The van der Waals surface area contributed by atoms with Gasteiger partial charge in [0, 0.05) is 13.1 Å². The molecule has 1 aromatic heterocycles. The van der Waals surface area contributed by atoms with Crippen molar-refractivity contribution in [2.75, 3.05) is 12.4 Å². The van der Waals surface area contributed by atoms with E-state index in [1.807, 2.05) is 0 Å². The van der Waals surface area contributed by atoms with E-state index in [-0.39, 0.29) is 11.9 Å². The first kappa shape index (κ1) is 11.7. The summed E-state index contributed by atoms with van der Waals surface area (Å²) in [5, 5.41) is 5.82. The number of carbonyl (C=O) groups is 1. The monoisotopic (exact) mass is 228 g/mol. The summed E-state index contributed by atoms with van der Waals surface area (Å²) in [6.45, 7) is 3.48. The first-order valence-corrected chi connectivity index (χ1v) is 4.90. The molecule has 0 spiro atoms. The minimum atomic E-state index is -0.361. The van der Waals surface area contributed by atoms with Crippen molar-refractivity contribution in [2.24, 2.45) is 0 Å². The van der Waals surface area contributed by atoms with E-state index in [0.717, 1.165) is 0 Å². The van der Waals surface area contributed by atoms with Crippen LogP contribution in [0.1, 0.15) is 12.7 Å². The zero-order valence-electron chi connectivity index (χ0n) is 8.84. The number of aryl methyl sites for hydroxylation is 1. The van der Waals surface area contributed by atoms with Gasteiger partial charge in [0.1, 0.15) is 22.8 Å². The van der Waals surface area contributed by atoms with Gasteiger partial charge >= 0.3 is 0 Å². The van der Waals surface area contributed by atoms with Gasteiger partial charge in [-0.15, -0.1) is 0 Å². The van der Waals surface area contributed by atoms with Gasteiger partial charge in [0.15, 0.2) is 0 Å². The van der Waals surface area contributed by atoms with Gasteiger partial charge in [-0.3, -0.25) is 4.79 Å². The Morgan fingerprint density at radius 2 is 2.20 bits per heavy atom. The summed E-state index contributed by atoms with van der Waals surface area (Å²) >= 11 is 5.76. The van der Waals surface area contributed by atoms with Gasteiger partial charge in [0.25, 0.3) is 0 Å². The number of aromatic nitrogens is 2. The normalized spacial score (nSPS) is 12.0. The Hall–Kier alpha value is -1.36. The first-order valence-electron chi connectivity index (χ1n) is 4.52. The maximum atomic E-state index is 11.2. The van der Waals surface area contributed by atoms with E-state index in [2.05, 4.69) is 20.6 Å². The third-order valence-electron chi connectivity index (χ3n) is 1.81. The fourth-order valence-electron chi connectivity index (χ4n) is 1.11. The molecule has 0 bridgehead atoms. The first-order chi connectivity index (χ1) is 7.02. The van der Waals surface area contributed by atoms with Crippen molar-refractivity contribution in [2.45, 2.75) is 19.9 Å². The summed E-state index contributed by atoms with van der Waals surface area (Å²) in [5.41, 5.74) is 0. The van der Waals surface area contributed by atoms with Crippen molar-refractivity contribution in [3.8, 4) is 0 Å². The van der Waals surface area contributed by atoms with Crippen LogP contribution >= 0.6 is 11.6 Å². The zero-order valence-corrected chi connectivity index (χ0v) is 9.59. The Bertz CT molecular complexity index is 349. The molecule has 5 nitrogen and oxygen atoms in total. The van der Waals surface area contributed by atoms with Crippen LogP contribution in [-0.4, -0.2) is 29.0 Å². The van der Waals surface area contributed by atoms with E-state index in [9.17, 15) is 4.79 Å². The molecule has 0 saturated carbocycles. The van der Waals surface area contributed by atoms with E-state index < -0.39 is 0 Å². The van der Waals surface area contributed by atoms with Gasteiger partial charge < -0.3 is 10.6 Å². The topological polar surface area (TPSA) is 66.9 Å². The summed E-state index contributed by atoms with van der Waals surface area (Å²) in [4.78, 5) is 19.3. The average molecular weight is 229 g/mol. The molecule has 1 unspecified atom stereocenters. The summed E-state index contributed by atoms with van der Waals surface area (Å²) < 4.78 is 0. The number of halogens is 1. The molecule has 0 aliphatic carbocycles. The molecule has 0 radical (unpaired) electrons. The van der Waals surface area contributed by atoms with E-state index >= 15 is 0 Å². The lowest BCUT2D eigenvalue weighted by molar-refractivity contribution is -0.121. The quantitative estimate of drug-likeness (QED) is 0.757. The smallest absolute Gasteiger partial charge is 0.241 e. The number of rotatable bonds is 3. The number of hydrogen-bond acceptors (Lipinski definition) is 4. The largest absolute Gasteiger partial charge is 0.358 e. The van der Waals surface area contributed by atoms with E-state index in [4.69, 9.17) is 11.6 Å². The molecule has 1 atom stereocenters. The number of likely N-dealkylation sites (N-methyl/N-ethyl adjacent to an activating group) is 1. The molecule has 82 valence electrons. The van der Waals surface area contributed by atoms with Crippen LogP contribution in [0.3, 0.4) is 0 Å². The van der Waals surface area contributed by atoms with E-state index in [1.54, 1.807) is 27.0 Å². The van der Waals surface area contributed by atoms with Gasteiger partial charge in [-0.25, -0.2) is 9.97 Å². The van der Waals surface area contributed by atoms with Crippen molar-refractivity contribution in [3.05, 3.63) is 17.0 Å². The molecule has 0 aliphatic heterocycles. The van der Waals surface area contributed by atoms with Crippen LogP contribution in [0.4, 0.5) is 5.82 Å². The van der Waals surface area contributed by atoms with Crippen molar-refractivity contribution in [1.82, 2.24) is 15.3 Å². The number of carbonyl (C=O) groups excluding carboxylic acids is 1. The molecule has 0 aliphatic rings. The van der Waals surface area contributed by atoms with Gasteiger partial charge in [0.2, 0.25) is 5.91 Å². The number of amides is 1. The van der Waals surface area contributed by atoms with Gasteiger partial charge in [0.05, 0.1) is 0 Å². The van der Waals surface area contributed by atoms with Gasteiger partial charge in [-0.05, 0) is 13.8 Å². The van der Waals surface area contributed by atoms with Crippen LogP contribution in [0.5, 0.6) is 0 Å². The third-order valence-corrected chi connectivity index (χ3v) is 2.00. The summed E-state index contributed by atoms with van der Waals surface area (Å²) in [7, 11) is 1.58. The number of nitrogens with one attached hydrogen (secondary N) is 2. The Labute approximate surface area is 93.3 Å². The lowest BCUT2D eigenvalue weighted by Crippen LogP contribution is -2.35. The summed E-state index contributed by atoms with van der Waals surface area (Å²) in [6, 6.07) is 1.22. The lowest BCUT2D eigenvalue weighted by Gasteiger charge is -2.12. The Balaban J connectivity index is 2.76. The molecule has 0 fully saturated rings. The highest BCUT2D eigenvalue weighted by Gasteiger charge is 2.11. The Morgan fingerprint density at radius 3 is 2.73 bits per heavy atom. The van der Waals surface area contributed by atoms with Gasteiger partial charge in [-0.2, -0.15) is 0 Å².